The van der Waals surface area contributed by atoms with E-state index >= 15 is 0 Å². The van der Waals surface area contributed by atoms with Crippen molar-refractivity contribution >= 4 is 23.6 Å². The summed E-state index contributed by atoms with van der Waals surface area (Å²) in [6.07, 6.45) is 6.44. The molecule has 0 atom stereocenters. The van der Waals surface area contributed by atoms with E-state index in [2.05, 4.69) is 0 Å². The summed E-state index contributed by atoms with van der Waals surface area (Å²) >= 11 is 0. The fourth-order valence-electron chi connectivity index (χ4n) is 3.30. The zero-order valence-electron chi connectivity index (χ0n) is 11.7. The van der Waals surface area contributed by atoms with Gasteiger partial charge in [-0.25, -0.2) is 0 Å². The lowest BCUT2D eigenvalue weighted by molar-refractivity contribution is -0.145. The van der Waals surface area contributed by atoms with E-state index in [9.17, 15) is 19.2 Å². The average molecular weight is 288 g/mol. The van der Waals surface area contributed by atoms with Gasteiger partial charge in [-0.15, -0.1) is 0 Å². The molecule has 0 radical (unpaired) electrons. The molecule has 0 aromatic carbocycles. The van der Waals surface area contributed by atoms with Crippen LogP contribution < -0.4 is 0 Å². The normalized spacial score (nSPS) is 29.7. The maximum atomic E-state index is 12.0. The Kier molecular flexibility index (Phi) is 3.23. The zero-order chi connectivity index (χ0) is 15.1. The summed E-state index contributed by atoms with van der Waals surface area (Å²) in [6.45, 7) is 1.64. The van der Waals surface area contributed by atoms with Crippen molar-refractivity contribution < 1.29 is 19.2 Å². The van der Waals surface area contributed by atoms with Gasteiger partial charge in [0.25, 0.3) is 23.6 Å². The minimum absolute atomic E-state index is 0.127. The van der Waals surface area contributed by atoms with Crippen LogP contribution in [0.3, 0.4) is 0 Å². The van der Waals surface area contributed by atoms with Crippen molar-refractivity contribution in [2.45, 2.75) is 44.7 Å². The first-order chi connectivity index (χ1) is 9.99. The molecule has 2 aliphatic heterocycles. The van der Waals surface area contributed by atoms with Gasteiger partial charge in [-0.2, -0.15) is 0 Å². The minimum Gasteiger partial charge on any atom is -0.272 e. The van der Waals surface area contributed by atoms with Crippen molar-refractivity contribution in [3.05, 3.63) is 23.8 Å². The van der Waals surface area contributed by atoms with Crippen LogP contribution in [0.4, 0.5) is 0 Å². The molecule has 110 valence electrons. The second-order valence-corrected chi connectivity index (χ2v) is 5.68. The fourth-order valence-corrected chi connectivity index (χ4v) is 3.30. The van der Waals surface area contributed by atoms with E-state index < -0.39 is 0 Å². The molecule has 0 saturated heterocycles. The first-order valence-electron chi connectivity index (χ1n) is 7.10. The van der Waals surface area contributed by atoms with Gasteiger partial charge in [0.15, 0.2) is 0 Å². The Labute approximate surface area is 122 Å². The molecule has 0 aromatic rings. The van der Waals surface area contributed by atoms with Gasteiger partial charge in [-0.3, -0.25) is 29.0 Å². The Morgan fingerprint density at radius 3 is 1.71 bits per heavy atom. The van der Waals surface area contributed by atoms with Gasteiger partial charge in [0.05, 0.1) is 0 Å². The molecule has 6 heteroatoms. The second-order valence-electron chi connectivity index (χ2n) is 5.68. The maximum Gasteiger partial charge on any atom is 0.256 e. The highest BCUT2D eigenvalue weighted by molar-refractivity contribution is 6.16. The van der Waals surface area contributed by atoms with Crippen LogP contribution in [0, 0.1) is 0 Å². The van der Waals surface area contributed by atoms with E-state index in [1.165, 1.54) is 28.0 Å². The summed E-state index contributed by atoms with van der Waals surface area (Å²) in [5, 5.41) is 0. The van der Waals surface area contributed by atoms with Crippen LogP contribution in [-0.2, 0) is 19.2 Å². The standard InChI is InChI=1S/C15H16N2O4/c1-9-8-14(20)17(15(9)21)11-4-2-10(3-5-11)16-12(18)6-7-13(16)19/h6-8,10-11H,2-5H2,1H3. The van der Waals surface area contributed by atoms with E-state index in [1.807, 2.05) is 0 Å². The Morgan fingerprint density at radius 1 is 0.810 bits per heavy atom. The number of rotatable bonds is 2. The molecule has 0 spiro atoms. The third-order valence-electron chi connectivity index (χ3n) is 4.37. The van der Waals surface area contributed by atoms with E-state index in [4.69, 9.17) is 0 Å². The van der Waals surface area contributed by atoms with Crippen LogP contribution in [-0.4, -0.2) is 45.5 Å². The number of hydrogen-bond donors (Lipinski definition) is 0. The molecule has 1 aliphatic carbocycles. The lowest BCUT2D eigenvalue weighted by Gasteiger charge is -2.36. The van der Waals surface area contributed by atoms with Crippen LogP contribution in [0.15, 0.2) is 23.8 Å². The van der Waals surface area contributed by atoms with Crippen LogP contribution in [0.5, 0.6) is 0 Å². The second kappa shape index (κ2) is 4.95. The monoisotopic (exact) mass is 288 g/mol. The first kappa shape index (κ1) is 13.7. The molecule has 1 saturated carbocycles. The maximum absolute atomic E-state index is 12.0. The quantitative estimate of drug-likeness (QED) is 0.695. The highest BCUT2D eigenvalue weighted by atomic mass is 16.2. The van der Waals surface area contributed by atoms with Crippen molar-refractivity contribution in [3.8, 4) is 0 Å². The Morgan fingerprint density at radius 2 is 1.29 bits per heavy atom. The highest BCUT2D eigenvalue weighted by Gasteiger charge is 2.39. The lowest BCUT2D eigenvalue weighted by Crippen LogP contribution is -2.48. The first-order valence-corrected chi connectivity index (χ1v) is 7.10. The number of nitrogens with zero attached hydrogens (tertiary/aromatic N) is 2. The summed E-state index contributed by atoms with van der Waals surface area (Å²) in [4.78, 5) is 49.7. The minimum atomic E-state index is -0.269. The molecular weight excluding hydrogens is 272 g/mol. The van der Waals surface area contributed by atoms with Gasteiger partial charge in [-0.05, 0) is 32.6 Å². The number of hydrogen-bond acceptors (Lipinski definition) is 4. The van der Waals surface area contributed by atoms with E-state index in [1.54, 1.807) is 6.92 Å². The number of imide groups is 2. The molecule has 0 bridgehead atoms. The molecule has 21 heavy (non-hydrogen) atoms. The smallest absolute Gasteiger partial charge is 0.256 e. The van der Waals surface area contributed by atoms with Gasteiger partial charge in [0.2, 0.25) is 0 Å². The third-order valence-corrected chi connectivity index (χ3v) is 4.37. The topological polar surface area (TPSA) is 74.8 Å². The summed E-state index contributed by atoms with van der Waals surface area (Å²) in [6, 6.07) is -0.256. The van der Waals surface area contributed by atoms with E-state index in [0.29, 0.717) is 31.3 Å². The van der Waals surface area contributed by atoms with Gasteiger partial charge in [0, 0.05) is 35.9 Å². The average Bonchev–Trinajstić information content (AvgIpc) is 2.91. The number of amides is 4. The van der Waals surface area contributed by atoms with Crippen LogP contribution in [0.25, 0.3) is 0 Å². The molecule has 6 nitrogen and oxygen atoms in total. The fraction of sp³-hybridized carbons (Fsp3) is 0.467. The molecule has 3 aliphatic rings. The Bertz CT molecular complexity index is 579. The number of carbonyl (C=O) groups excluding carboxylic acids is 4. The molecule has 0 unspecified atom stereocenters. The van der Waals surface area contributed by atoms with Crippen molar-refractivity contribution in [1.29, 1.82) is 0 Å². The largest absolute Gasteiger partial charge is 0.272 e. The molecule has 0 aromatic heterocycles. The van der Waals surface area contributed by atoms with Crippen LogP contribution >= 0.6 is 0 Å². The number of carbonyl (C=O) groups is 4. The van der Waals surface area contributed by atoms with Crippen molar-refractivity contribution in [1.82, 2.24) is 9.80 Å². The van der Waals surface area contributed by atoms with Crippen LogP contribution in [0.2, 0.25) is 0 Å². The predicted octanol–water partition coefficient (Wildman–Crippen LogP) is 0.538. The SMILES string of the molecule is CC1=CC(=O)N(C2CCC(N3C(=O)C=CC3=O)CC2)C1=O. The van der Waals surface area contributed by atoms with Crippen molar-refractivity contribution in [2.75, 3.05) is 0 Å². The van der Waals surface area contributed by atoms with Gasteiger partial charge >= 0.3 is 0 Å². The van der Waals surface area contributed by atoms with E-state index in [-0.39, 0.29) is 35.7 Å². The Hall–Kier alpha value is -2.24. The van der Waals surface area contributed by atoms with Gasteiger partial charge in [-0.1, -0.05) is 0 Å². The molecular formula is C15H16N2O4. The predicted molar refractivity (Wildman–Crippen MR) is 72.6 cm³/mol. The molecule has 1 fully saturated rings. The molecule has 3 rings (SSSR count). The molecule has 2 heterocycles. The molecule has 0 N–H and O–H groups in total. The highest BCUT2D eigenvalue weighted by Crippen LogP contribution is 2.30. The van der Waals surface area contributed by atoms with Crippen LogP contribution in [0.1, 0.15) is 32.6 Å². The van der Waals surface area contributed by atoms with E-state index in [0.717, 1.165) is 0 Å². The summed E-state index contributed by atoms with van der Waals surface area (Å²) in [5.41, 5.74) is 0.469. The lowest BCUT2D eigenvalue weighted by atomic mass is 9.89. The van der Waals surface area contributed by atoms with Crippen molar-refractivity contribution in [3.63, 3.8) is 0 Å². The Balaban J connectivity index is 1.64. The summed E-state index contributed by atoms with van der Waals surface area (Å²) in [7, 11) is 0. The summed E-state index contributed by atoms with van der Waals surface area (Å²) < 4.78 is 0. The third kappa shape index (κ3) is 2.20. The molecule has 4 amide bonds. The van der Waals surface area contributed by atoms with Gasteiger partial charge < -0.3 is 0 Å². The summed E-state index contributed by atoms with van der Waals surface area (Å²) in [5.74, 6) is -1.02. The zero-order valence-corrected chi connectivity index (χ0v) is 11.7. The van der Waals surface area contributed by atoms with Crippen molar-refractivity contribution in [2.24, 2.45) is 0 Å². The van der Waals surface area contributed by atoms with Gasteiger partial charge in [0.1, 0.15) is 0 Å².